The number of rotatable bonds is 5. The number of hydrogen-bond acceptors (Lipinski definition) is 0. The zero-order valence-electron chi connectivity index (χ0n) is 11.4. The molecule has 0 N–H and O–H groups in total. The summed E-state index contributed by atoms with van der Waals surface area (Å²) < 4.78 is 14.7. The molecule has 0 aliphatic heterocycles. The van der Waals surface area contributed by atoms with Crippen LogP contribution in [0.25, 0.3) is 0 Å². The lowest BCUT2D eigenvalue weighted by atomic mass is 9.93. The third-order valence-electron chi connectivity index (χ3n) is 3.39. The molecular formula is C17H17Br2F. The Bertz CT molecular complexity index is 564. The van der Waals surface area contributed by atoms with Gasteiger partial charge in [-0.2, -0.15) is 0 Å². The molecule has 20 heavy (non-hydrogen) atoms. The molecular weight excluding hydrogens is 383 g/mol. The Balaban J connectivity index is 2.07. The van der Waals surface area contributed by atoms with Gasteiger partial charge in [0.05, 0.1) is 0 Å². The van der Waals surface area contributed by atoms with Crippen LogP contribution in [0.2, 0.25) is 0 Å². The van der Waals surface area contributed by atoms with Gasteiger partial charge in [0.1, 0.15) is 5.82 Å². The maximum absolute atomic E-state index is 13.9. The van der Waals surface area contributed by atoms with Gasteiger partial charge in [0.2, 0.25) is 0 Å². The highest BCUT2D eigenvalue weighted by Gasteiger charge is 2.12. The summed E-state index contributed by atoms with van der Waals surface area (Å²) in [5.41, 5.74) is 3.35. The van der Waals surface area contributed by atoms with Crippen LogP contribution in [0.5, 0.6) is 0 Å². The third kappa shape index (κ3) is 4.42. The molecule has 1 unspecified atom stereocenters. The Morgan fingerprint density at radius 3 is 2.35 bits per heavy atom. The lowest BCUT2D eigenvalue weighted by Crippen LogP contribution is -2.11. The second-order valence-electron chi connectivity index (χ2n) is 5.15. The number of halogens is 3. The Morgan fingerprint density at radius 2 is 1.75 bits per heavy atom. The van der Waals surface area contributed by atoms with Crippen LogP contribution in [0.3, 0.4) is 0 Å². The molecule has 0 saturated carbocycles. The summed E-state index contributed by atoms with van der Waals surface area (Å²) in [7, 11) is 0. The third-order valence-corrected chi connectivity index (χ3v) is 4.80. The van der Waals surface area contributed by atoms with E-state index in [1.807, 2.05) is 12.1 Å². The van der Waals surface area contributed by atoms with Gasteiger partial charge in [0.15, 0.2) is 0 Å². The van der Waals surface area contributed by atoms with Crippen LogP contribution in [0.1, 0.15) is 16.7 Å². The summed E-state index contributed by atoms with van der Waals surface area (Å²) in [4.78, 5) is 0. The van der Waals surface area contributed by atoms with Crippen molar-refractivity contribution in [2.75, 3.05) is 5.33 Å². The van der Waals surface area contributed by atoms with Crippen molar-refractivity contribution in [3.8, 4) is 0 Å². The topological polar surface area (TPSA) is 0 Å². The molecule has 1 atom stereocenters. The minimum Gasteiger partial charge on any atom is -0.207 e. The molecule has 0 heterocycles. The standard InChI is InChI=1S/C17H17Br2F/c1-12-2-4-13(5-3-12)8-14(11-18)9-15-6-7-16(19)10-17(15)20/h2-7,10,14H,8-9,11H2,1H3. The number of aryl methyl sites for hydroxylation is 1. The second kappa shape index (κ2) is 7.37. The van der Waals surface area contributed by atoms with Gasteiger partial charge in [-0.3, -0.25) is 0 Å². The monoisotopic (exact) mass is 398 g/mol. The summed E-state index contributed by atoms with van der Waals surface area (Å²) in [6.45, 7) is 2.09. The van der Waals surface area contributed by atoms with E-state index in [2.05, 4.69) is 63.0 Å². The summed E-state index contributed by atoms with van der Waals surface area (Å²) >= 11 is 6.84. The highest BCUT2D eigenvalue weighted by Crippen LogP contribution is 2.21. The van der Waals surface area contributed by atoms with Crippen molar-refractivity contribution in [3.63, 3.8) is 0 Å². The maximum atomic E-state index is 13.9. The van der Waals surface area contributed by atoms with Gasteiger partial charge >= 0.3 is 0 Å². The highest BCUT2D eigenvalue weighted by molar-refractivity contribution is 9.10. The summed E-state index contributed by atoms with van der Waals surface area (Å²) in [6, 6.07) is 13.9. The smallest absolute Gasteiger partial charge is 0.127 e. The van der Waals surface area contributed by atoms with Crippen molar-refractivity contribution in [2.24, 2.45) is 5.92 Å². The van der Waals surface area contributed by atoms with Crippen LogP contribution >= 0.6 is 31.9 Å². The Hall–Kier alpha value is -0.670. The molecule has 0 aliphatic carbocycles. The average Bonchev–Trinajstić information content (AvgIpc) is 2.43. The van der Waals surface area contributed by atoms with E-state index in [4.69, 9.17) is 0 Å². The van der Waals surface area contributed by atoms with Crippen molar-refractivity contribution in [2.45, 2.75) is 19.8 Å². The van der Waals surface area contributed by atoms with Crippen LogP contribution in [-0.2, 0) is 12.8 Å². The molecule has 0 bridgehead atoms. The van der Waals surface area contributed by atoms with Crippen molar-refractivity contribution in [3.05, 3.63) is 69.4 Å². The summed E-state index contributed by atoms with van der Waals surface area (Å²) in [6.07, 6.45) is 1.71. The zero-order valence-corrected chi connectivity index (χ0v) is 14.5. The molecule has 0 aliphatic rings. The van der Waals surface area contributed by atoms with Crippen molar-refractivity contribution in [1.29, 1.82) is 0 Å². The quantitative estimate of drug-likeness (QED) is 0.566. The van der Waals surface area contributed by atoms with E-state index in [0.29, 0.717) is 5.92 Å². The van der Waals surface area contributed by atoms with Crippen LogP contribution in [0, 0.1) is 18.7 Å². The van der Waals surface area contributed by atoms with E-state index < -0.39 is 0 Å². The van der Waals surface area contributed by atoms with E-state index in [0.717, 1.165) is 28.2 Å². The normalized spacial score (nSPS) is 12.4. The number of benzene rings is 2. The van der Waals surface area contributed by atoms with Gasteiger partial charge in [-0.15, -0.1) is 0 Å². The van der Waals surface area contributed by atoms with E-state index >= 15 is 0 Å². The van der Waals surface area contributed by atoms with E-state index in [1.54, 1.807) is 0 Å². The molecule has 3 heteroatoms. The fourth-order valence-corrected chi connectivity index (χ4v) is 3.03. The van der Waals surface area contributed by atoms with E-state index in [-0.39, 0.29) is 5.82 Å². The Labute approximate surface area is 136 Å². The first kappa shape index (κ1) is 15.7. The van der Waals surface area contributed by atoms with Crippen LogP contribution in [0.15, 0.2) is 46.9 Å². The van der Waals surface area contributed by atoms with Gasteiger partial charge in [0, 0.05) is 9.80 Å². The van der Waals surface area contributed by atoms with Crippen molar-refractivity contribution < 1.29 is 4.39 Å². The minimum absolute atomic E-state index is 0.130. The molecule has 106 valence electrons. The van der Waals surface area contributed by atoms with Gasteiger partial charge in [-0.1, -0.05) is 67.8 Å². The van der Waals surface area contributed by atoms with Gasteiger partial charge in [0.25, 0.3) is 0 Å². The van der Waals surface area contributed by atoms with Gasteiger partial charge in [-0.25, -0.2) is 4.39 Å². The van der Waals surface area contributed by atoms with Crippen molar-refractivity contribution >= 4 is 31.9 Å². The largest absolute Gasteiger partial charge is 0.207 e. The Kier molecular flexibility index (Phi) is 5.79. The first-order valence-corrected chi connectivity index (χ1v) is 8.55. The van der Waals surface area contributed by atoms with Crippen LogP contribution in [-0.4, -0.2) is 5.33 Å². The Morgan fingerprint density at radius 1 is 1.05 bits per heavy atom. The fraction of sp³-hybridized carbons (Fsp3) is 0.294. The van der Waals surface area contributed by atoms with Gasteiger partial charge < -0.3 is 0 Å². The summed E-state index contributed by atoms with van der Waals surface area (Å²) in [5.74, 6) is 0.266. The maximum Gasteiger partial charge on any atom is 0.127 e. The number of alkyl halides is 1. The first-order valence-electron chi connectivity index (χ1n) is 6.64. The summed E-state index contributed by atoms with van der Waals surface area (Å²) in [5, 5.41) is 0.871. The van der Waals surface area contributed by atoms with E-state index in [9.17, 15) is 4.39 Å². The lowest BCUT2D eigenvalue weighted by molar-refractivity contribution is 0.550. The molecule has 2 rings (SSSR count). The molecule has 2 aromatic carbocycles. The number of hydrogen-bond donors (Lipinski definition) is 0. The molecule has 0 fully saturated rings. The second-order valence-corrected chi connectivity index (χ2v) is 6.71. The SMILES string of the molecule is Cc1ccc(CC(CBr)Cc2ccc(Br)cc2F)cc1. The van der Waals surface area contributed by atoms with E-state index in [1.165, 1.54) is 17.2 Å². The van der Waals surface area contributed by atoms with Crippen molar-refractivity contribution in [1.82, 2.24) is 0 Å². The minimum atomic E-state index is -0.130. The molecule has 0 aromatic heterocycles. The molecule has 2 aromatic rings. The molecule has 0 amide bonds. The highest BCUT2D eigenvalue weighted by atomic mass is 79.9. The molecule has 0 spiro atoms. The molecule has 0 saturated heterocycles. The first-order chi connectivity index (χ1) is 9.58. The predicted molar refractivity (Wildman–Crippen MR) is 90.0 cm³/mol. The lowest BCUT2D eigenvalue weighted by Gasteiger charge is -2.15. The molecule has 0 radical (unpaired) electrons. The predicted octanol–water partition coefficient (Wildman–Crippen LogP) is 5.69. The zero-order chi connectivity index (χ0) is 14.5. The fourth-order valence-electron chi connectivity index (χ4n) is 2.24. The van der Waals surface area contributed by atoms with Gasteiger partial charge in [-0.05, 0) is 48.9 Å². The van der Waals surface area contributed by atoms with Crippen LogP contribution in [0.4, 0.5) is 4.39 Å². The van der Waals surface area contributed by atoms with Crippen LogP contribution < -0.4 is 0 Å². The molecule has 0 nitrogen and oxygen atoms in total. The average molecular weight is 400 g/mol.